The number of rotatable bonds is 6. The normalized spacial score (nSPS) is 15.9. The van der Waals surface area contributed by atoms with E-state index in [1.807, 2.05) is 71.8 Å². The highest BCUT2D eigenvalue weighted by Crippen LogP contribution is 2.29. The van der Waals surface area contributed by atoms with Crippen LogP contribution in [0, 0.1) is 6.92 Å². The van der Waals surface area contributed by atoms with Gasteiger partial charge in [0.25, 0.3) is 0 Å². The molecule has 4 rings (SSSR count). The quantitative estimate of drug-likeness (QED) is 0.644. The summed E-state index contributed by atoms with van der Waals surface area (Å²) < 4.78 is 13.2. The van der Waals surface area contributed by atoms with Crippen molar-refractivity contribution in [1.82, 2.24) is 19.7 Å². The predicted molar refractivity (Wildman–Crippen MR) is 107 cm³/mol. The number of aryl methyl sites for hydroxylation is 1. The molecule has 29 heavy (non-hydrogen) atoms. The van der Waals surface area contributed by atoms with Crippen molar-refractivity contribution in [3.8, 4) is 11.5 Å². The zero-order chi connectivity index (χ0) is 20.4. The molecule has 0 spiro atoms. The van der Waals surface area contributed by atoms with Gasteiger partial charge in [-0.05, 0) is 37.1 Å². The Bertz CT molecular complexity index is 1020. The van der Waals surface area contributed by atoms with Gasteiger partial charge >= 0.3 is 0 Å². The van der Waals surface area contributed by atoms with Gasteiger partial charge < -0.3 is 14.4 Å². The third kappa shape index (κ3) is 3.81. The highest BCUT2D eigenvalue weighted by atomic mass is 16.5. The van der Waals surface area contributed by atoms with Gasteiger partial charge in [-0.2, -0.15) is 0 Å². The number of methoxy groups -OCH3 is 1. The molecule has 2 aromatic carbocycles. The zero-order valence-electron chi connectivity index (χ0n) is 16.8. The molecule has 1 amide bonds. The minimum absolute atomic E-state index is 0.0512. The molecule has 0 saturated carbocycles. The number of benzene rings is 2. The molecule has 1 aromatic heterocycles. The van der Waals surface area contributed by atoms with Gasteiger partial charge in [0.1, 0.15) is 12.6 Å². The Morgan fingerprint density at radius 2 is 1.90 bits per heavy atom. The zero-order valence-corrected chi connectivity index (χ0v) is 16.8. The van der Waals surface area contributed by atoms with Crippen molar-refractivity contribution in [1.29, 1.82) is 0 Å². The van der Waals surface area contributed by atoms with E-state index in [2.05, 4.69) is 10.2 Å². The molecule has 0 fully saturated rings. The molecule has 150 valence electrons. The average Bonchev–Trinajstić information content (AvgIpc) is 3.14. The van der Waals surface area contributed by atoms with E-state index in [0.29, 0.717) is 30.4 Å². The minimum Gasteiger partial charge on any atom is -0.493 e. The summed E-state index contributed by atoms with van der Waals surface area (Å²) in [5, 5.41) is 8.59. The number of aromatic nitrogens is 3. The fourth-order valence-electron chi connectivity index (χ4n) is 3.61. The van der Waals surface area contributed by atoms with E-state index in [9.17, 15) is 4.79 Å². The van der Waals surface area contributed by atoms with Gasteiger partial charge in [0.05, 0.1) is 13.7 Å². The highest BCUT2D eigenvalue weighted by Gasteiger charge is 2.33. The molecular formula is C22H24N4O3. The van der Waals surface area contributed by atoms with Gasteiger partial charge in [0.15, 0.2) is 23.1 Å². The summed E-state index contributed by atoms with van der Waals surface area (Å²) in [6, 6.07) is 15.3. The first-order valence-corrected chi connectivity index (χ1v) is 9.59. The summed E-state index contributed by atoms with van der Waals surface area (Å²) >= 11 is 0. The molecule has 0 N–H and O–H groups in total. The van der Waals surface area contributed by atoms with E-state index in [0.717, 1.165) is 17.0 Å². The topological polar surface area (TPSA) is 69.5 Å². The summed E-state index contributed by atoms with van der Waals surface area (Å²) in [5.41, 5.74) is 2.18. The molecule has 0 aliphatic carbocycles. The molecule has 3 aromatic rings. The van der Waals surface area contributed by atoms with E-state index in [-0.39, 0.29) is 18.6 Å². The number of amides is 1. The van der Waals surface area contributed by atoms with E-state index in [1.54, 1.807) is 7.11 Å². The van der Waals surface area contributed by atoms with Gasteiger partial charge in [-0.3, -0.25) is 9.36 Å². The SMILES string of the molecule is COc1cc(C)ccc1OCc1nnc2n1[C@@H](C)C(=O)N(Cc1ccccc1)C2. The Kier molecular flexibility index (Phi) is 5.20. The molecule has 1 aliphatic heterocycles. The van der Waals surface area contributed by atoms with Crippen molar-refractivity contribution >= 4 is 5.91 Å². The lowest BCUT2D eigenvalue weighted by Crippen LogP contribution is -2.41. The van der Waals surface area contributed by atoms with Gasteiger partial charge in [0, 0.05) is 6.54 Å². The third-order valence-corrected chi connectivity index (χ3v) is 5.12. The molecule has 0 bridgehead atoms. The number of fused-ring (bicyclic) bond motifs is 1. The van der Waals surface area contributed by atoms with Crippen molar-refractivity contribution in [2.45, 2.75) is 39.6 Å². The second kappa shape index (κ2) is 7.95. The molecule has 0 unspecified atom stereocenters. The van der Waals surface area contributed by atoms with Crippen LogP contribution in [0.1, 0.15) is 35.7 Å². The summed E-state index contributed by atoms with van der Waals surface area (Å²) in [4.78, 5) is 14.8. The van der Waals surface area contributed by atoms with E-state index in [1.165, 1.54) is 0 Å². The fourth-order valence-corrected chi connectivity index (χ4v) is 3.61. The molecule has 7 heteroatoms. The lowest BCUT2D eigenvalue weighted by molar-refractivity contribution is -0.137. The molecule has 1 aliphatic rings. The van der Waals surface area contributed by atoms with Crippen LogP contribution in [-0.2, 0) is 24.5 Å². The summed E-state index contributed by atoms with van der Waals surface area (Å²) in [5.74, 6) is 2.75. The molecule has 7 nitrogen and oxygen atoms in total. The maximum absolute atomic E-state index is 12.9. The Morgan fingerprint density at radius 3 is 2.66 bits per heavy atom. The maximum atomic E-state index is 12.9. The lowest BCUT2D eigenvalue weighted by Gasteiger charge is -2.32. The van der Waals surface area contributed by atoms with Crippen LogP contribution >= 0.6 is 0 Å². The summed E-state index contributed by atoms with van der Waals surface area (Å²) in [6.07, 6.45) is 0. The number of carbonyl (C=O) groups is 1. The lowest BCUT2D eigenvalue weighted by atomic mass is 10.1. The van der Waals surface area contributed by atoms with Crippen LogP contribution in [-0.4, -0.2) is 32.7 Å². The summed E-state index contributed by atoms with van der Waals surface area (Å²) in [6.45, 7) is 5.07. The van der Waals surface area contributed by atoms with Crippen LogP contribution in [0.4, 0.5) is 0 Å². The van der Waals surface area contributed by atoms with Crippen LogP contribution in [0.3, 0.4) is 0 Å². The van der Waals surface area contributed by atoms with Crippen molar-refractivity contribution < 1.29 is 14.3 Å². The fraction of sp³-hybridized carbons (Fsp3) is 0.318. The van der Waals surface area contributed by atoms with Crippen LogP contribution in [0.2, 0.25) is 0 Å². The standard InChI is InChI=1S/C22H24N4O3/c1-15-9-10-18(19(11-15)28-3)29-14-21-24-23-20-13-25(22(27)16(2)26(20)21)12-17-7-5-4-6-8-17/h4-11,16H,12-14H2,1-3H3/t16-/m0/s1. The second-order valence-electron chi connectivity index (χ2n) is 7.20. The van der Waals surface area contributed by atoms with Crippen molar-refractivity contribution in [2.75, 3.05) is 7.11 Å². The Labute approximate surface area is 169 Å². The van der Waals surface area contributed by atoms with Gasteiger partial charge in [-0.15, -0.1) is 10.2 Å². The van der Waals surface area contributed by atoms with Crippen molar-refractivity contribution in [3.63, 3.8) is 0 Å². The van der Waals surface area contributed by atoms with E-state index >= 15 is 0 Å². The minimum atomic E-state index is -0.379. The number of ether oxygens (including phenoxy) is 2. The van der Waals surface area contributed by atoms with Crippen molar-refractivity contribution in [3.05, 3.63) is 71.3 Å². The molecule has 1 atom stereocenters. The largest absolute Gasteiger partial charge is 0.493 e. The average molecular weight is 392 g/mol. The molecule has 0 radical (unpaired) electrons. The van der Waals surface area contributed by atoms with Crippen LogP contribution < -0.4 is 9.47 Å². The summed E-state index contributed by atoms with van der Waals surface area (Å²) in [7, 11) is 1.61. The Morgan fingerprint density at radius 1 is 1.10 bits per heavy atom. The van der Waals surface area contributed by atoms with Gasteiger partial charge in [-0.25, -0.2) is 0 Å². The number of hydrogen-bond acceptors (Lipinski definition) is 5. The first-order valence-electron chi connectivity index (χ1n) is 9.59. The monoisotopic (exact) mass is 392 g/mol. The molecule has 0 saturated heterocycles. The third-order valence-electron chi connectivity index (χ3n) is 5.12. The number of hydrogen-bond donors (Lipinski definition) is 0. The highest BCUT2D eigenvalue weighted by molar-refractivity contribution is 5.81. The number of nitrogens with zero attached hydrogens (tertiary/aromatic N) is 4. The smallest absolute Gasteiger partial charge is 0.246 e. The first-order chi connectivity index (χ1) is 14.1. The van der Waals surface area contributed by atoms with Crippen molar-refractivity contribution in [2.24, 2.45) is 0 Å². The molecular weight excluding hydrogens is 368 g/mol. The van der Waals surface area contributed by atoms with E-state index < -0.39 is 0 Å². The van der Waals surface area contributed by atoms with Crippen LogP contribution in [0.5, 0.6) is 11.5 Å². The van der Waals surface area contributed by atoms with Crippen LogP contribution in [0.15, 0.2) is 48.5 Å². The predicted octanol–water partition coefficient (Wildman–Crippen LogP) is 3.28. The first kappa shape index (κ1) is 19.0. The van der Waals surface area contributed by atoms with Gasteiger partial charge in [-0.1, -0.05) is 36.4 Å². The number of carbonyl (C=O) groups excluding carboxylic acids is 1. The maximum Gasteiger partial charge on any atom is 0.246 e. The Balaban J connectivity index is 1.51. The van der Waals surface area contributed by atoms with Gasteiger partial charge in [0.2, 0.25) is 5.91 Å². The molecule has 2 heterocycles. The van der Waals surface area contributed by atoms with E-state index in [4.69, 9.17) is 9.47 Å². The Hall–Kier alpha value is -3.35. The second-order valence-corrected chi connectivity index (χ2v) is 7.20. The van der Waals surface area contributed by atoms with Crippen LogP contribution in [0.25, 0.3) is 0 Å².